The van der Waals surface area contributed by atoms with Crippen LogP contribution < -0.4 is 15.8 Å². The molecule has 1 fully saturated rings. The second-order valence-electron chi connectivity index (χ2n) is 6.94. The van der Waals surface area contributed by atoms with Crippen molar-refractivity contribution in [3.8, 4) is 5.75 Å². The predicted octanol–water partition coefficient (Wildman–Crippen LogP) is 2.15. The molecule has 1 unspecified atom stereocenters. The van der Waals surface area contributed by atoms with Gasteiger partial charge < -0.3 is 15.8 Å². The Hall–Kier alpha value is -2.72. The number of ether oxygens (including phenoxy) is 1. The lowest BCUT2D eigenvalue weighted by molar-refractivity contribution is -0.115. The SMILES string of the molecule is CC1Sc2ccc(CN3CC(Oc4ccc(C(N)=O)nc4F)C3)c(F)c2NC1=O. The van der Waals surface area contributed by atoms with Gasteiger partial charge in [-0.15, -0.1) is 11.8 Å². The van der Waals surface area contributed by atoms with Crippen molar-refractivity contribution in [1.82, 2.24) is 9.88 Å². The maximum absolute atomic E-state index is 14.8. The first-order chi connectivity index (χ1) is 13.8. The number of aromatic nitrogens is 1. The third-order valence-corrected chi connectivity index (χ3v) is 5.94. The molecule has 2 aliphatic heterocycles. The summed E-state index contributed by atoms with van der Waals surface area (Å²) in [6.07, 6.45) is -0.275. The molecule has 1 atom stereocenters. The van der Waals surface area contributed by atoms with Gasteiger partial charge in [0, 0.05) is 30.1 Å². The zero-order valence-electron chi connectivity index (χ0n) is 15.4. The van der Waals surface area contributed by atoms with Gasteiger partial charge in [0.25, 0.3) is 11.9 Å². The Morgan fingerprint density at radius 1 is 1.34 bits per heavy atom. The highest BCUT2D eigenvalue weighted by atomic mass is 32.2. The lowest BCUT2D eigenvalue weighted by Gasteiger charge is -2.39. The molecule has 2 amide bonds. The largest absolute Gasteiger partial charge is 0.483 e. The summed E-state index contributed by atoms with van der Waals surface area (Å²) < 4.78 is 34.2. The molecule has 3 N–H and O–H groups in total. The molecule has 4 rings (SSSR count). The van der Waals surface area contributed by atoms with Crippen LogP contribution in [0.25, 0.3) is 0 Å². The number of nitrogens with one attached hydrogen (secondary N) is 1. The molecule has 1 saturated heterocycles. The molecule has 7 nitrogen and oxygen atoms in total. The molecule has 2 aliphatic rings. The van der Waals surface area contributed by atoms with Crippen LogP contribution in [0.3, 0.4) is 0 Å². The van der Waals surface area contributed by atoms with Crippen molar-refractivity contribution in [1.29, 1.82) is 0 Å². The minimum atomic E-state index is -0.900. The Labute approximate surface area is 169 Å². The minimum absolute atomic E-state index is 0.0616. The topological polar surface area (TPSA) is 97.6 Å². The third-order valence-electron chi connectivity index (χ3n) is 4.78. The third kappa shape index (κ3) is 3.90. The minimum Gasteiger partial charge on any atom is -0.483 e. The van der Waals surface area contributed by atoms with Gasteiger partial charge in [-0.2, -0.15) is 4.39 Å². The number of likely N-dealkylation sites (tertiary alicyclic amines) is 1. The molecular weight excluding hydrogens is 402 g/mol. The number of primary amides is 1. The number of hydrogen-bond acceptors (Lipinski definition) is 6. The van der Waals surface area contributed by atoms with Gasteiger partial charge in [-0.3, -0.25) is 14.5 Å². The summed E-state index contributed by atoms with van der Waals surface area (Å²) in [5.74, 6) is -2.43. The van der Waals surface area contributed by atoms with Crippen LogP contribution in [-0.4, -0.2) is 46.1 Å². The van der Waals surface area contributed by atoms with E-state index in [4.69, 9.17) is 10.5 Å². The maximum atomic E-state index is 14.8. The van der Waals surface area contributed by atoms with Crippen LogP contribution >= 0.6 is 11.8 Å². The number of halogens is 2. The van der Waals surface area contributed by atoms with Crippen LogP contribution in [0.5, 0.6) is 5.75 Å². The Morgan fingerprint density at radius 2 is 2.10 bits per heavy atom. The van der Waals surface area contributed by atoms with Crippen LogP contribution in [0.15, 0.2) is 29.2 Å². The standard InChI is InChI=1S/C19H18F2N4O3S/c1-9-19(27)24-16-14(29-9)5-2-10(15(16)20)6-25-7-11(8-25)28-13-4-3-12(18(22)26)23-17(13)21/h2-5,9,11H,6-8H2,1H3,(H2,22,26)(H,24,27). The van der Waals surface area contributed by atoms with Crippen molar-refractivity contribution >= 4 is 29.3 Å². The van der Waals surface area contributed by atoms with E-state index in [1.54, 1.807) is 13.0 Å². The van der Waals surface area contributed by atoms with Gasteiger partial charge in [-0.25, -0.2) is 9.37 Å². The summed E-state index contributed by atoms with van der Waals surface area (Å²) in [4.78, 5) is 29.0. The number of hydrogen-bond donors (Lipinski definition) is 2. The second-order valence-corrected chi connectivity index (χ2v) is 8.33. The predicted molar refractivity (Wildman–Crippen MR) is 103 cm³/mol. The van der Waals surface area contributed by atoms with Crippen LogP contribution in [0.4, 0.5) is 14.5 Å². The van der Waals surface area contributed by atoms with E-state index in [-0.39, 0.29) is 34.4 Å². The molecule has 0 bridgehead atoms. The first kappa shape index (κ1) is 19.6. The van der Waals surface area contributed by atoms with Crippen LogP contribution in [0.1, 0.15) is 23.0 Å². The number of anilines is 1. The first-order valence-corrected chi connectivity index (χ1v) is 9.84. The average molecular weight is 420 g/mol. The highest BCUT2D eigenvalue weighted by Crippen LogP contribution is 2.38. The van der Waals surface area contributed by atoms with E-state index in [0.29, 0.717) is 30.1 Å². The summed E-state index contributed by atoms with van der Waals surface area (Å²) in [7, 11) is 0. The Bertz CT molecular complexity index is 998. The number of carbonyl (C=O) groups is 2. The number of carbonyl (C=O) groups excluding carboxylic acids is 2. The lowest BCUT2D eigenvalue weighted by atomic mass is 10.1. The van der Waals surface area contributed by atoms with E-state index >= 15 is 0 Å². The summed E-state index contributed by atoms with van der Waals surface area (Å²) in [6, 6.07) is 6.14. The van der Waals surface area contributed by atoms with Gasteiger partial charge in [0.15, 0.2) is 11.6 Å². The molecule has 152 valence electrons. The average Bonchev–Trinajstić information content (AvgIpc) is 2.64. The Balaban J connectivity index is 1.36. The number of amides is 2. The number of rotatable bonds is 5. The molecule has 0 aliphatic carbocycles. The van der Waals surface area contributed by atoms with E-state index in [9.17, 15) is 18.4 Å². The molecule has 0 spiro atoms. The summed E-state index contributed by atoms with van der Waals surface area (Å²) >= 11 is 1.33. The van der Waals surface area contributed by atoms with Gasteiger partial charge in [0.1, 0.15) is 11.8 Å². The second kappa shape index (κ2) is 7.60. The van der Waals surface area contributed by atoms with E-state index in [2.05, 4.69) is 10.3 Å². The monoisotopic (exact) mass is 420 g/mol. The van der Waals surface area contributed by atoms with Crippen molar-refractivity contribution in [2.75, 3.05) is 18.4 Å². The van der Waals surface area contributed by atoms with Crippen LogP contribution in [0, 0.1) is 11.8 Å². The smallest absolute Gasteiger partial charge is 0.267 e. The normalized spacial score (nSPS) is 19.3. The highest BCUT2D eigenvalue weighted by molar-refractivity contribution is 8.00. The summed E-state index contributed by atoms with van der Waals surface area (Å²) in [6.45, 7) is 3.07. The quantitative estimate of drug-likeness (QED) is 0.720. The molecule has 0 saturated carbocycles. The fourth-order valence-electron chi connectivity index (χ4n) is 3.20. The van der Waals surface area contributed by atoms with Crippen molar-refractivity contribution < 1.29 is 23.1 Å². The zero-order chi connectivity index (χ0) is 20.7. The first-order valence-electron chi connectivity index (χ1n) is 8.96. The molecule has 1 aromatic carbocycles. The van der Waals surface area contributed by atoms with Crippen LogP contribution in [0.2, 0.25) is 0 Å². The molecule has 29 heavy (non-hydrogen) atoms. The number of nitrogens with two attached hydrogens (primary N) is 1. The van der Waals surface area contributed by atoms with Crippen molar-refractivity contribution in [3.05, 3.63) is 47.3 Å². The molecule has 2 aromatic rings. The van der Waals surface area contributed by atoms with Gasteiger partial charge >= 0.3 is 0 Å². The summed E-state index contributed by atoms with van der Waals surface area (Å²) in [5.41, 5.74) is 5.58. The van der Waals surface area contributed by atoms with Gasteiger partial charge in [0.05, 0.1) is 10.9 Å². The zero-order valence-corrected chi connectivity index (χ0v) is 16.3. The van der Waals surface area contributed by atoms with E-state index in [0.717, 1.165) is 0 Å². The number of thioether (sulfide) groups is 1. The van der Waals surface area contributed by atoms with E-state index in [1.807, 2.05) is 11.0 Å². The van der Waals surface area contributed by atoms with Gasteiger partial charge in [-0.05, 0) is 25.1 Å². The van der Waals surface area contributed by atoms with E-state index in [1.165, 1.54) is 23.9 Å². The molecular formula is C19H18F2N4O3S. The number of fused-ring (bicyclic) bond motifs is 1. The van der Waals surface area contributed by atoms with Crippen LogP contribution in [-0.2, 0) is 11.3 Å². The fourth-order valence-corrected chi connectivity index (χ4v) is 4.15. The number of pyridine rings is 1. The maximum Gasteiger partial charge on any atom is 0.267 e. The molecule has 1 aromatic heterocycles. The van der Waals surface area contributed by atoms with Crippen molar-refractivity contribution in [3.63, 3.8) is 0 Å². The summed E-state index contributed by atoms with van der Waals surface area (Å²) in [5, 5.41) is 2.37. The fraction of sp³-hybridized carbons (Fsp3) is 0.316. The van der Waals surface area contributed by atoms with Crippen molar-refractivity contribution in [2.24, 2.45) is 5.73 Å². The number of benzene rings is 1. The Kier molecular flexibility index (Phi) is 5.13. The van der Waals surface area contributed by atoms with Gasteiger partial charge in [-0.1, -0.05) is 6.07 Å². The molecule has 10 heteroatoms. The van der Waals surface area contributed by atoms with Crippen molar-refractivity contribution in [2.45, 2.75) is 29.7 Å². The van der Waals surface area contributed by atoms with E-state index < -0.39 is 17.7 Å². The van der Waals surface area contributed by atoms with Gasteiger partial charge in [0.2, 0.25) is 5.91 Å². The molecule has 3 heterocycles. The highest BCUT2D eigenvalue weighted by Gasteiger charge is 2.32. The number of nitrogens with zero attached hydrogens (tertiary/aromatic N) is 2. The lowest BCUT2D eigenvalue weighted by Crippen LogP contribution is -2.53. The molecule has 0 radical (unpaired) electrons. The Morgan fingerprint density at radius 3 is 2.79 bits per heavy atom.